The second-order valence-electron chi connectivity index (χ2n) is 5.55. The number of rotatable bonds is 2. The van der Waals surface area contributed by atoms with E-state index in [0.717, 1.165) is 0 Å². The van der Waals surface area contributed by atoms with Crippen molar-refractivity contribution in [3.8, 4) is 5.88 Å². The second-order valence-corrected chi connectivity index (χ2v) is 5.55. The van der Waals surface area contributed by atoms with Gasteiger partial charge in [0.25, 0.3) is 0 Å². The molecule has 2 heterocycles. The Morgan fingerprint density at radius 1 is 1.47 bits per heavy atom. The summed E-state index contributed by atoms with van der Waals surface area (Å²) in [6.07, 6.45) is 1.23. The molecule has 6 nitrogen and oxygen atoms in total. The summed E-state index contributed by atoms with van der Waals surface area (Å²) >= 11 is 0. The van der Waals surface area contributed by atoms with Crippen LogP contribution < -0.4 is 10.5 Å². The Morgan fingerprint density at radius 3 is 2.74 bits per heavy atom. The number of likely N-dealkylation sites (tertiary alicyclic amines) is 1. The number of carbonyl (C=O) groups excluding carboxylic acids is 1. The van der Waals surface area contributed by atoms with Crippen molar-refractivity contribution in [1.29, 1.82) is 0 Å². The number of anilines is 1. The molecule has 0 spiro atoms. The largest absolute Gasteiger partial charge is 0.471 e. The molecule has 1 fully saturated rings. The standard InChI is InChI=1S/C13H19N3O3/c1-13(2,3)19-12(17)16-7-10(8-16)18-11-6-9(14)4-5-15-11/h4-6,10H,7-8H2,1-3H3,(H2,14,15). The Hall–Kier alpha value is -1.98. The molecule has 1 aromatic heterocycles. The molecule has 0 bridgehead atoms. The predicted octanol–water partition coefficient (Wildman–Crippen LogP) is 1.66. The maximum Gasteiger partial charge on any atom is 0.410 e. The zero-order valence-electron chi connectivity index (χ0n) is 11.4. The van der Waals surface area contributed by atoms with Gasteiger partial charge in [-0.25, -0.2) is 9.78 Å². The van der Waals surface area contributed by atoms with Crippen LogP contribution in [-0.4, -0.2) is 40.8 Å². The lowest BCUT2D eigenvalue weighted by atomic mass is 10.2. The molecule has 1 amide bonds. The quantitative estimate of drug-likeness (QED) is 0.880. The van der Waals surface area contributed by atoms with Crippen molar-refractivity contribution in [2.75, 3.05) is 18.8 Å². The highest BCUT2D eigenvalue weighted by atomic mass is 16.6. The number of nitrogen functional groups attached to an aromatic ring is 1. The van der Waals surface area contributed by atoms with Crippen molar-refractivity contribution in [2.45, 2.75) is 32.5 Å². The van der Waals surface area contributed by atoms with Crippen LogP contribution in [0.25, 0.3) is 0 Å². The molecule has 0 unspecified atom stereocenters. The third-order valence-corrected chi connectivity index (χ3v) is 2.55. The Balaban J connectivity index is 1.79. The van der Waals surface area contributed by atoms with Crippen LogP contribution in [-0.2, 0) is 4.74 Å². The van der Waals surface area contributed by atoms with Crippen LogP contribution in [0.3, 0.4) is 0 Å². The van der Waals surface area contributed by atoms with Gasteiger partial charge in [0.05, 0.1) is 13.1 Å². The van der Waals surface area contributed by atoms with E-state index in [1.54, 1.807) is 23.2 Å². The summed E-state index contributed by atoms with van der Waals surface area (Å²) in [6.45, 7) is 6.54. The zero-order valence-corrected chi connectivity index (χ0v) is 11.4. The highest BCUT2D eigenvalue weighted by Gasteiger charge is 2.35. The number of pyridine rings is 1. The highest BCUT2D eigenvalue weighted by molar-refractivity contribution is 5.69. The molecule has 2 N–H and O–H groups in total. The molecule has 19 heavy (non-hydrogen) atoms. The molecule has 1 saturated heterocycles. The van der Waals surface area contributed by atoms with Crippen LogP contribution in [0, 0.1) is 0 Å². The fourth-order valence-corrected chi connectivity index (χ4v) is 1.65. The Kier molecular flexibility index (Phi) is 3.50. The first kappa shape index (κ1) is 13.5. The van der Waals surface area contributed by atoms with Gasteiger partial charge in [-0.3, -0.25) is 0 Å². The van der Waals surface area contributed by atoms with E-state index in [0.29, 0.717) is 24.7 Å². The Labute approximate surface area is 112 Å². The molecule has 2 rings (SSSR count). The molecule has 1 aliphatic rings. The van der Waals surface area contributed by atoms with Crippen molar-refractivity contribution in [1.82, 2.24) is 9.88 Å². The van der Waals surface area contributed by atoms with E-state index in [2.05, 4.69) is 4.98 Å². The topological polar surface area (TPSA) is 77.7 Å². The molecule has 1 aromatic rings. The molecule has 6 heteroatoms. The summed E-state index contributed by atoms with van der Waals surface area (Å²) < 4.78 is 10.9. The summed E-state index contributed by atoms with van der Waals surface area (Å²) in [5, 5.41) is 0. The molecule has 0 atom stereocenters. The van der Waals surface area contributed by atoms with Gasteiger partial charge in [-0.05, 0) is 26.8 Å². The zero-order chi connectivity index (χ0) is 14.0. The number of ether oxygens (including phenoxy) is 2. The Bertz CT molecular complexity index is 464. The van der Waals surface area contributed by atoms with E-state index in [1.165, 1.54) is 0 Å². The van der Waals surface area contributed by atoms with Gasteiger partial charge < -0.3 is 20.1 Å². The third-order valence-electron chi connectivity index (χ3n) is 2.55. The van der Waals surface area contributed by atoms with Gasteiger partial charge in [0.15, 0.2) is 0 Å². The van der Waals surface area contributed by atoms with Gasteiger partial charge in [0.1, 0.15) is 11.7 Å². The fraction of sp³-hybridized carbons (Fsp3) is 0.538. The molecule has 0 aliphatic carbocycles. The summed E-state index contributed by atoms with van der Waals surface area (Å²) in [7, 11) is 0. The first-order valence-electron chi connectivity index (χ1n) is 6.19. The first-order valence-corrected chi connectivity index (χ1v) is 6.19. The number of carbonyl (C=O) groups is 1. The molecular formula is C13H19N3O3. The van der Waals surface area contributed by atoms with E-state index in [4.69, 9.17) is 15.2 Å². The van der Waals surface area contributed by atoms with E-state index in [9.17, 15) is 4.79 Å². The lowest BCUT2D eigenvalue weighted by Crippen LogP contribution is -2.57. The molecule has 1 aliphatic heterocycles. The van der Waals surface area contributed by atoms with Gasteiger partial charge in [0, 0.05) is 18.0 Å². The molecule has 104 valence electrons. The van der Waals surface area contributed by atoms with Gasteiger partial charge in [-0.15, -0.1) is 0 Å². The van der Waals surface area contributed by atoms with Crippen LogP contribution in [0.15, 0.2) is 18.3 Å². The number of hydrogen-bond acceptors (Lipinski definition) is 5. The van der Waals surface area contributed by atoms with E-state index in [1.807, 2.05) is 20.8 Å². The van der Waals surface area contributed by atoms with Crippen molar-refractivity contribution in [2.24, 2.45) is 0 Å². The summed E-state index contributed by atoms with van der Waals surface area (Å²) in [6, 6.07) is 3.36. The van der Waals surface area contributed by atoms with Crippen molar-refractivity contribution in [3.63, 3.8) is 0 Å². The van der Waals surface area contributed by atoms with E-state index < -0.39 is 5.60 Å². The molecule has 0 saturated carbocycles. The van der Waals surface area contributed by atoms with Crippen LogP contribution >= 0.6 is 0 Å². The minimum absolute atomic E-state index is 0.0539. The number of nitrogens with two attached hydrogens (primary N) is 1. The summed E-state index contributed by atoms with van der Waals surface area (Å²) in [4.78, 5) is 17.4. The Morgan fingerprint density at radius 2 is 2.16 bits per heavy atom. The van der Waals surface area contributed by atoms with Crippen LogP contribution in [0.4, 0.5) is 10.5 Å². The molecular weight excluding hydrogens is 246 g/mol. The van der Waals surface area contributed by atoms with Gasteiger partial charge in [-0.2, -0.15) is 0 Å². The van der Waals surface area contributed by atoms with E-state index in [-0.39, 0.29) is 12.2 Å². The predicted molar refractivity (Wildman–Crippen MR) is 70.9 cm³/mol. The lowest BCUT2D eigenvalue weighted by Gasteiger charge is -2.39. The van der Waals surface area contributed by atoms with E-state index >= 15 is 0 Å². The van der Waals surface area contributed by atoms with Crippen molar-refractivity contribution < 1.29 is 14.3 Å². The molecule has 0 aromatic carbocycles. The van der Waals surface area contributed by atoms with Crippen LogP contribution in [0.2, 0.25) is 0 Å². The minimum Gasteiger partial charge on any atom is -0.471 e. The number of nitrogens with zero attached hydrogens (tertiary/aromatic N) is 2. The van der Waals surface area contributed by atoms with Gasteiger partial charge >= 0.3 is 6.09 Å². The monoisotopic (exact) mass is 265 g/mol. The highest BCUT2D eigenvalue weighted by Crippen LogP contribution is 2.20. The summed E-state index contributed by atoms with van der Waals surface area (Å²) in [5.74, 6) is 0.480. The second kappa shape index (κ2) is 4.95. The smallest absolute Gasteiger partial charge is 0.410 e. The molecule has 0 radical (unpaired) electrons. The third kappa shape index (κ3) is 3.74. The fourth-order valence-electron chi connectivity index (χ4n) is 1.65. The van der Waals surface area contributed by atoms with Crippen LogP contribution in [0.5, 0.6) is 5.88 Å². The number of hydrogen-bond donors (Lipinski definition) is 1. The first-order chi connectivity index (χ1) is 8.83. The maximum atomic E-state index is 11.7. The minimum atomic E-state index is -0.474. The number of aromatic nitrogens is 1. The normalized spacial score (nSPS) is 15.8. The van der Waals surface area contributed by atoms with Gasteiger partial charge in [0.2, 0.25) is 5.88 Å². The average Bonchev–Trinajstić information content (AvgIpc) is 2.20. The number of amides is 1. The van der Waals surface area contributed by atoms with Crippen molar-refractivity contribution in [3.05, 3.63) is 18.3 Å². The SMILES string of the molecule is CC(C)(C)OC(=O)N1CC(Oc2cc(N)ccn2)C1. The van der Waals surface area contributed by atoms with Crippen molar-refractivity contribution >= 4 is 11.8 Å². The maximum absolute atomic E-state index is 11.7. The summed E-state index contributed by atoms with van der Waals surface area (Å²) in [5.41, 5.74) is 5.77. The van der Waals surface area contributed by atoms with Gasteiger partial charge in [-0.1, -0.05) is 0 Å². The average molecular weight is 265 g/mol. The van der Waals surface area contributed by atoms with Crippen LogP contribution in [0.1, 0.15) is 20.8 Å². The lowest BCUT2D eigenvalue weighted by molar-refractivity contribution is -0.0232.